The van der Waals surface area contributed by atoms with Gasteiger partial charge in [-0.25, -0.2) is 8.42 Å². The zero-order valence-corrected chi connectivity index (χ0v) is 20.1. The summed E-state index contributed by atoms with van der Waals surface area (Å²) in [5.74, 6) is -2.43. The average molecular weight is 532 g/mol. The molecule has 0 unspecified atom stereocenters. The number of benzene rings is 3. The van der Waals surface area contributed by atoms with Crippen LogP contribution in [0.3, 0.4) is 0 Å². The molecular formula is C25H20F3N3O5S. The van der Waals surface area contributed by atoms with Crippen LogP contribution in [0.15, 0.2) is 77.7 Å². The van der Waals surface area contributed by atoms with Crippen molar-refractivity contribution in [3.05, 3.63) is 89.5 Å². The van der Waals surface area contributed by atoms with E-state index in [1.165, 1.54) is 48.5 Å². The number of aryl methyl sites for hydroxylation is 1. The second kappa shape index (κ2) is 10.7. The first-order valence-electron chi connectivity index (χ1n) is 10.6. The van der Waals surface area contributed by atoms with Gasteiger partial charge in [0.15, 0.2) is 0 Å². The SMILES string of the molecule is Cc1ccc(S(=O)(=O)N(CC(=O)N(CC(=O)O)c2ccc(C#N)cc2)c2cccc(C(F)(F)F)c2)cc1. The molecule has 0 aromatic heterocycles. The van der Waals surface area contributed by atoms with E-state index in [0.717, 1.165) is 28.7 Å². The number of amides is 1. The zero-order chi connectivity index (χ0) is 27.4. The quantitative estimate of drug-likeness (QED) is 0.466. The van der Waals surface area contributed by atoms with E-state index in [1.807, 2.05) is 6.07 Å². The molecule has 0 aliphatic heterocycles. The standard InChI is InChI=1S/C25H20F3N3O5S/c1-17-5-11-22(12-6-17)37(35,36)31(21-4-2-3-19(13-21)25(26,27)28)15-23(32)30(16-24(33)34)20-9-7-18(14-29)8-10-20/h2-13H,15-16H2,1H3,(H,33,34). The van der Waals surface area contributed by atoms with Gasteiger partial charge in [-0.05, 0) is 61.5 Å². The second-order valence-electron chi connectivity index (χ2n) is 7.91. The molecule has 1 N–H and O–H groups in total. The molecule has 3 rings (SSSR count). The smallest absolute Gasteiger partial charge is 0.416 e. The van der Waals surface area contributed by atoms with Gasteiger partial charge >= 0.3 is 12.1 Å². The first kappa shape index (κ1) is 27.2. The number of hydrogen-bond acceptors (Lipinski definition) is 5. The predicted octanol–water partition coefficient (Wildman–Crippen LogP) is 4.20. The van der Waals surface area contributed by atoms with Crippen molar-refractivity contribution in [3.8, 4) is 6.07 Å². The number of halogens is 3. The van der Waals surface area contributed by atoms with Crippen LogP contribution in [0.25, 0.3) is 0 Å². The van der Waals surface area contributed by atoms with Crippen LogP contribution in [-0.2, 0) is 25.8 Å². The Bertz CT molecular complexity index is 1450. The van der Waals surface area contributed by atoms with E-state index in [2.05, 4.69) is 0 Å². The molecule has 0 fully saturated rings. The molecule has 192 valence electrons. The maximum atomic E-state index is 13.5. The van der Waals surface area contributed by atoms with Crippen LogP contribution >= 0.6 is 0 Å². The number of rotatable bonds is 8. The van der Waals surface area contributed by atoms with Gasteiger partial charge in [0.1, 0.15) is 13.1 Å². The summed E-state index contributed by atoms with van der Waals surface area (Å²) < 4.78 is 67.7. The molecule has 0 aliphatic rings. The van der Waals surface area contributed by atoms with Gasteiger partial charge in [-0.15, -0.1) is 0 Å². The minimum atomic E-state index is -4.78. The van der Waals surface area contributed by atoms with Crippen molar-refractivity contribution in [1.29, 1.82) is 5.26 Å². The number of hydrogen-bond donors (Lipinski definition) is 1. The highest BCUT2D eigenvalue weighted by atomic mass is 32.2. The van der Waals surface area contributed by atoms with Crippen molar-refractivity contribution in [1.82, 2.24) is 0 Å². The molecule has 0 bridgehead atoms. The summed E-state index contributed by atoms with van der Waals surface area (Å²) in [5, 5.41) is 18.3. The molecule has 0 saturated carbocycles. The highest BCUT2D eigenvalue weighted by molar-refractivity contribution is 7.92. The largest absolute Gasteiger partial charge is 0.480 e. The van der Waals surface area contributed by atoms with Crippen molar-refractivity contribution in [3.63, 3.8) is 0 Å². The van der Waals surface area contributed by atoms with Crippen LogP contribution in [0.4, 0.5) is 24.5 Å². The van der Waals surface area contributed by atoms with E-state index in [9.17, 15) is 36.3 Å². The first-order valence-corrected chi connectivity index (χ1v) is 12.1. The lowest BCUT2D eigenvalue weighted by atomic mass is 10.2. The van der Waals surface area contributed by atoms with Gasteiger partial charge in [0, 0.05) is 5.69 Å². The third-order valence-electron chi connectivity index (χ3n) is 5.25. The van der Waals surface area contributed by atoms with Gasteiger partial charge in [0.2, 0.25) is 5.91 Å². The number of carbonyl (C=O) groups is 2. The minimum absolute atomic E-state index is 0.0585. The van der Waals surface area contributed by atoms with Crippen LogP contribution < -0.4 is 9.21 Å². The first-order chi connectivity index (χ1) is 17.3. The van der Waals surface area contributed by atoms with Crippen molar-refractivity contribution < 1.29 is 36.3 Å². The number of alkyl halides is 3. The summed E-state index contributed by atoms with van der Waals surface area (Å²) in [6.07, 6.45) is -4.78. The van der Waals surface area contributed by atoms with Crippen LogP contribution in [-0.4, -0.2) is 38.5 Å². The monoisotopic (exact) mass is 531 g/mol. The third kappa shape index (κ3) is 6.45. The number of aliphatic carboxylic acids is 1. The molecular weight excluding hydrogens is 511 g/mol. The topological polar surface area (TPSA) is 119 Å². The number of carboxylic acids is 1. The lowest BCUT2D eigenvalue weighted by Crippen LogP contribution is -2.45. The fourth-order valence-corrected chi connectivity index (χ4v) is 4.78. The van der Waals surface area contributed by atoms with Crippen molar-refractivity contribution in [2.24, 2.45) is 0 Å². The molecule has 0 atom stereocenters. The van der Waals surface area contributed by atoms with Crippen LogP contribution in [0, 0.1) is 18.3 Å². The zero-order valence-electron chi connectivity index (χ0n) is 19.3. The molecule has 0 radical (unpaired) electrons. The Labute approximate surface area is 210 Å². The summed E-state index contributed by atoms with van der Waals surface area (Å²) in [4.78, 5) is 25.3. The van der Waals surface area contributed by atoms with Crippen LogP contribution in [0.5, 0.6) is 0 Å². The number of nitrogens with zero attached hydrogens (tertiary/aromatic N) is 3. The molecule has 37 heavy (non-hydrogen) atoms. The Balaban J connectivity index is 2.10. The minimum Gasteiger partial charge on any atom is -0.480 e. The van der Waals surface area contributed by atoms with Gasteiger partial charge in [0.25, 0.3) is 10.0 Å². The Kier molecular flexibility index (Phi) is 7.88. The number of carboxylic acid groups (broad SMARTS) is 1. The fourth-order valence-electron chi connectivity index (χ4n) is 3.37. The summed E-state index contributed by atoms with van der Waals surface area (Å²) in [7, 11) is -4.56. The molecule has 3 aromatic carbocycles. The third-order valence-corrected chi connectivity index (χ3v) is 7.04. The molecule has 0 spiro atoms. The second-order valence-corrected chi connectivity index (χ2v) is 9.77. The van der Waals surface area contributed by atoms with Gasteiger partial charge in [-0.3, -0.25) is 18.8 Å². The number of nitriles is 1. The van der Waals surface area contributed by atoms with Gasteiger partial charge in [-0.1, -0.05) is 23.8 Å². The van der Waals surface area contributed by atoms with Crippen molar-refractivity contribution in [2.45, 2.75) is 18.0 Å². The fraction of sp³-hybridized carbons (Fsp3) is 0.160. The van der Waals surface area contributed by atoms with Crippen LogP contribution in [0.1, 0.15) is 16.7 Å². The van der Waals surface area contributed by atoms with E-state index in [1.54, 1.807) is 6.92 Å². The molecule has 0 aliphatic carbocycles. The van der Waals surface area contributed by atoms with E-state index >= 15 is 0 Å². The molecule has 0 heterocycles. The Morgan fingerprint density at radius 1 is 0.946 bits per heavy atom. The van der Waals surface area contributed by atoms with Crippen LogP contribution in [0.2, 0.25) is 0 Å². The maximum absolute atomic E-state index is 13.5. The van der Waals surface area contributed by atoms with Gasteiger partial charge < -0.3 is 5.11 Å². The number of carbonyl (C=O) groups excluding carboxylic acids is 1. The highest BCUT2D eigenvalue weighted by Crippen LogP contribution is 2.33. The molecule has 1 amide bonds. The van der Waals surface area contributed by atoms with E-state index in [-0.39, 0.29) is 16.1 Å². The van der Waals surface area contributed by atoms with E-state index in [0.29, 0.717) is 10.4 Å². The molecule has 8 nitrogen and oxygen atoms in total. The van der Waals surface area contributed by atoms with Crippen molar-refractivity contribution in [2.75, 3.05) is 22.3 Å². The number of sulfonamides is 1. The molecule has 12 heteroatoms. The lowest BCUT2D eigenvalue weighted by Gasteiger charge is -2.28. The van der Waals surface area contributed by atoms with E-state index in [4.69, 9.17) is 5.26 Å². The summed E-state index contributed by atoms with van der Waals surface area (Å²) in [6, 6.07) is 16.1. The Hall–Kier alpha value is -4.37. The normalized spacial score (nSPS) is 11.4. The Morgan fingerprint density at radius 2 is 1.57 bits per heavy atom. The predicted molar refractivity (Wildman–Crippen MR) is 128 cm³/mol. The molecule has 3 aromatic rings. The maximum Gasteiger partial charge on any atom is 0.416 e. The summed E-state index contributed by atoms with van der Waals surface area (Å²) in [5.41, 5.74) is -0.536. The van der Waals surface area contributed by atoms with Crippen molar-refractivity contribution >= 4 is 33.3 Å². The highest BCUT2D eigenvalue weighted by Gasteiger charge is 2.34. The Morgan fingerprint density at radius 3 is 2.11 bits per heavy atom. The lowest BCUT2D eigenvalue weighted by molar-refractivity contribution is -0.138. The number of anilines is 2. The van der Waals surface area contributed by atoms with Gasteiger partial charge in [-0.2, -0.15) is 18.4 Å². The van der Waals surface area contributed by atoms with Gasteiger partial charge in [0.05, 0.1) is 27.8 Å². The average Bonchev–Trinajstić information content (AvgIpc) is 2.85. The summed E-state index contributed by atoms with van der Waals surface area (Å²) in [6.45, 7) is -0.137. The summed E-state index contributed by atoms with van der Waals surface area (Å²) >= 11 is 0. The molecule has 0 saturated heterocycles. The van der Waals surface area contributed by atoms with E-state index < -0.39 is 52.4 Å².